The van der Waals surface area contributed by atoms with Crippen molar-refractivity contribution in [2.45, 2.75) is 33.2 Å². The van der Waals surface area contributed by atoms with E-state index in [1.165, 1.54) is 0 Å². The lowest BCUT2D eigenvalue weighted by atomic mass is 10.4. The molecule has 0 saturated carbocycles. The Morgan fingerprint density at radius 3 is 2.45 bits per heavy atom. The third-order valence-electron chi connectivity index (χ3n) is 1.51. The number of aromatic nitrogens is 3. The first-order chi connectivity index (χ1) is 5.15. The van der Waals surface area contributed by atoms with Crippen molar-refractivity contribution in [2.75, 3.05) is 5.73 Å². The van der Waals surface area contributed by atoms with Crippen molar-refractivity contribution in [1.29, 1.82) is 0 Å². The quantitative estimate of drug-likeness (QED) is 0.691. The first-order valence-corrected chi connectivity index (χ1v) is 3.86. The lowest BCUT2D eigenvalue weighted by Gasteiger charge is -2.04. The van der Waals surface area contributed by atoms with Crippen molar-refractivity contribution in [2.24, 2.45) is 0 Å². The van der Waals surface area contributed by atoms with Crippen LogP contribution in [0.4, 0.5) is 5.95 Å². The summed E-state index contributed by atoms with van der Waals surface area (Å²) in [5.41, 5.74) is 5.61. The lowest BCUT2D eigenvalue weighted by Crippen LogP contribution is -2.07. The fourth-order valence-corrected chi connectivity index (χ4v) is 0.911. The van der Waals surface area contributed by atoms with Gasteiger partial charge in [0.05, 0.1) is 6.04 Å². The zero-order valence-electron chi connectivity index (χ0n) is 7.20. The Labute approximate surface area is 66.4 Å². The summed E-state index contributed by atoms with van der Waals surface area (Å²) in [6.07, 6.45) is 0.837. The van der Waals surface area contributed by atoms with Crippen LogP contribution in [0.1, 0.15) is 32.6 Å². The summed E-state index contributed by atoms with van der Waals surface area (Å²) < 4.78 is 1.73. The molecule has 1 heterocycles. The topological polar surface area (TPSA) is 56.7 Å². The van der Waals surface area contributed by atoms with Crippen molar-refractivity contribution in [3.05, 3.63) is 5.82 Å². The zero-order valence-corrected chi connectivity index (χ0v) is 7.20. The molecule has 0 spiro atoms. The highest BCUT2D eigenvalue weighted by Gasteiger charge is 2.06. The third-order valence-corrected chi connectivity index (χ3v) is 1.51. The van der Waals surface area contributed by atoms with Crippen molar-refractivity contribution < 1.29 is 0 Å². The molecule has 0 unspecified atom stereocenters. The second kappa shape index (κ2) is 2.90. The van der Waals surface area contributed by atoms with Crippen LogP contribution in [-0.2, 0) is 6.42 Å². The molecule has 0 amide bonds. The minimum atomic E-state index is 0.294. The Balaban J connectivity index is 2.97. The van der Waals surface area contributed by atoms with Gasteiger partial charge in [0.25, 0.3) is 0 Å². The molecule has 0 bridgehead atoms. The molecule has 0 saturated heterocycles. The van der Waals surface area contributed by atoms with Gasteiger partial charge in [0.2, 0.25) is 5.95 Å². The van der Waals surface area contributed by atoms with E-state index in [4.69, 9.17) is 5.73 Å². The molecule has 0 aliphatic heterocycles. The fourth-order valence-electron chi connectivity index (χ4n) is 0.911. The van der Waals surface area contributed by atoms with Gasteiger partial charge in [-0.05, 0) is 13.8 Å². The van der Waals surface area contributed by atoms with Gasteiger partial charge in [-0.15, -0.1) is 0 Å². The van der Waals surface area contributed by atoms with E-state index >= 15 is 0 Å². The maximum Gasteiger partial charge on any atom is 0.218 e. The molecule has 4 nitrogen and oxygen atoms in total. The van der Waals surface area contributed by atoms with Crippen molar-refractivity contribution in [3.63, 3.8) is 0 Å². The number of aryl methyl sites for hydroxylation is 1. The first-order valence-electron chi connectivity index (χ1n) is 3.86. The van der Waals surface area contributed by atoms with Crippen LogP contribution in [0.3, 0.4) is 0 Å². The summed E-state index contributed by atoms with van der Waals surface area (Å²) in [4.78, 5) is 4.08. The standard InChI is InChI=1S/C7H14N4/c1-4-6-9-7(8)11(10-6)5(2)3/h5H,4H2,1-3H3,(H2,8,9,10). The Kier molecular flexibility index (Phi) is 2.12. The van der Waals surface area contributed by atoms with Crippen LogP contribution >= 0.6 is 0 Å². The van der Waals surface area contributed by atoms with Gasteiger partial charge in [-0.25, -0.2) is 4.68 Å². The summed E-state index contributed by atoms with van der Waals surface area (Å²) in [5, 5.41) is 4.21. The van der Waals surface area contributed by atoms with Gasteiger partial charge in [0.15, 0.2) is 5.82 Å². The molecule has 0 aliphatic rings. The zero-order chi connectivity index (χ0) is 8.43. The molecule has 2 N–H and O–H groups in total. The highest BCUT2D eigenvalue weighted by molar-refractivity contribution is 5.16. The number of nitrogens with two attached hydrogens (primary N) is 1. The number of rotatable bonds is 2. The molecule has 1 rings (SSSR count). The average Bonchev–Trinajstić information content (AvgIpc) is 2.30. The van der Waals surface area contributed by atoms with E-state index < -0.39 is 0 Å². The molecule has 0 fully saturated rings. The maximum atomic E-state index is 5.61. The molecular weight excluding hydrogens is 140 g/mol. The normalized spacial score (nSPS) is 10.9. The number of nitrogen functional groups attached to an aromatic ring is 1. The van der Waals surface area contributed by atoms with Crippen molar-refractivity contribution >= 4 is 5.95 Å². The maximum absolute atomic E-state index is 5.61. The second-order valence-electron chi connectivity index (χ2n) is 2.78. The minimum absolute atomic E-state index is 0.294. The van der Waals surface area contributed by atoms with Gasteiger partial charge in [-0.1, -0.05) is 6.92 Å². The van der Waals surface area contributed by atoms with Gasteiger partial charge in [0, 0.05) is 6.42 Å². The van der Waals surface area contributed by atoms with E-state index in [1.807, 2.05) is 20.8 Å². The molecular formula is C7H14N4. The summed E-state index contributed by atoms with van der Waals surface area (Å²) in [6.45, 7) is 6.08. The predicted molar refractivity (Wildman–Crippen MR) is 44.2 cm³/mol. The molecule has 1 aromatic rings. The molecule has 4 heteroatoms. The SMILES string of the molecule is CCc1nc(N)n(C(C)C)n1. The largest absolute Gasteiger partial charge is 0.368 e. The molecule has 1 aromatic heterocycles. The summed E-state index contributed by atoms with van der Waals surface area (Å²) in [7, 11) is 0. The Hall–Kier alpha value is -1.06. The van der Waals surface area contributed by atoms with E-state index in [0.717, 1.165) is 12.2 Å². The average molecular weight is 154 g/mol. The van der Waals surface area contributed by atoms with Gasteiger partial charge in [0.1, 0.15) is 0 Å². The molecule has 0 aromatic carbocycles. The van der Waals surface area contributed by atoms with Crippen LogP contribution in [0.2, 0.25) is 0 Å². The summed E-state index contributed by atoms with van der Waals surface area (Å²) >= 11 is 0. The third kappa shape index (κ3) is 1.50. The number of hydrogen-bond acceptors (Lipinski definition) is 3. The number of anilines is 1. The Morgan fingerprint density at radius 2 is 2.18 bits per heavy atom. The van der Waals surface area contributed by atoms with Gasteiger partial charge >= 0.3 is 0 Å². The van der Waals surface area contributed by atoms with Gasteiger partial charge in [-0.3, -0.25) is 0 Å². The summed E-state index contributed by atoms with van der Waals surface area (Å²) in [6, 6.07) is 0.294. The van der Waals surface area contributed by atoms with E-state index in [2.05, 4.69) is 10.1 Å². The van der Waals surface area contributed by atoms with Crippen molar-refractivity contribution in [3.8, 4) is 0 Å². The Morgan fingerprint density at radius 1 is 1.55 bits per heavy atom. The van der Waals surface area contributed by atoms with E-state index in [1.54, 1.807) is 4.68 Å². The van der Waals surface area contributed by atoms with E-state index in [0.29, 0.717) is 12.0 Å². The van der Waals surface area contributed by atoms with Crippen LogP contribution in [0.15, 0.2) is 0 Å². The lowest BCUT2D eigenvalue weighted by molar-refractivity contribution is 0.534. The van der Waals surface area contributed by atoms with Crippen LogP contribution in [0.25, 0.3) is 0 Å². The Bertz CT molecular complexity index is 239. The molecule has 0 aliphatic carbocycles. The monoisotopic (exact) mass is 154 g/mol. The molecule has 11 heavy (non-hydrogen) atoms. The van der Waals surface area contributed by atoms with Crippen LogP contribution in [-0.4, -0.2) is 14.8 Å². The van der Waals surface area contributed by atoms with Crippen LogP contribution < -0.4 is 5.73 Å². The van der Waals surface area contributed by atoms with Crippen molar-refractivity contribution in [1.82, 2.24) is 14.8 Å². The molecule has 62 valence electrons. The highest BCUT2D eigenvalue weighted by atomic mass is 15.4. The fraction of sp³-hybridized carbons (Fsp3) is 0.714. The molecule has 0 atom stereocenters. The smallest absolute Gasteiger partial charge is 0.218 e. The number of hydrogen-bond donors (Lipinski definition) is 1. The van der Waals surface area contributed by atoms with Crippen LogP contribution in [0, 0.1) is 0 Å². The van der Waals surface area contributed by atoms with Crippen LogP contribution in [0.5, 0.6) is 0 Å². The predicted octanol–water partition coefficient (Wildman–Crippen LogP) is 1.00. The van der Waals surface area contributed by atoms with Gasteiger partial charge in [-0.2, -0.15) is 10.1 Å². The molecule has 0 radical (unpaired) electrons. The highest BCUT2D eigenvalue weighted by Crippen LogP contribution is 2.08. The second-order valence-corrected chi connectivity index (χ2v) is 2.78. The first kappa shape index (κ1) is 8.04. The summed E-state index contributed by atoms with van der Waals surface area (Å²) in [5.74, 6) is 1.33. The van der Waals surface area contributed by atoms with Gasteiger partial charge < -0.3 is 5.73 Å². The minimum Gasteiger partial charge on any atom is -0.368 e. The number of nitrogens with zero attached hydrogens (tertiary/aromatic N) is 3. The van der Waals surface area contributed by atoms with E-state index in [9.17, 15) is 0 Å². The van der Waals surface area contributed by atoms with E-state index in [-0.39, 0.29) is 0 Å².